The van der Waals surface area contributed by atoms with Crippen LogP contribution in [0.2, 0.25) is 0 Å². The van der Waals surface area contributed by atoms with Crippen LogP contribution in [0.1, 0.15) is 96.0 Å². The van der Waals surface area contributed by atoms with Gasteiger partial charge >= 0.3 is 0 Å². The minimum Gasteiger partial charge on any atom is -0.403 e. The maximum atomic E-state index is 5.75. The van der Waals surface area contributed by atoms with E-state index >= 15 is 0 Å². The molecule has 0 saturated heterocycles. The Labute approximate surface area is 156 Å². The Hall–Kier alpha value is -1.44. The number of benzene rings is 1. The first kappa shape index (κ1) is 21.6. The summed E-state index contributed by atoms with van der Waals surface area (Å²) in [6.45, 7) is 3.15. The summed E-state index contributed by atoms with van der Waals surface area (Å²) in [6.07, 6.45) is 19.5. The van der Waals surface area contributed by atoms with Crippen LogP contribution in [0.5, 0.6) is 0 Å². The maximum absolute atomic E-state index is 5.75. The van der Waals surface area contributed by atoms with Gasteiger partial charge in [-0.25, -0.2) is 0 Å². The molecular formula is C23H40N2. The fourth-order valence-electron chi connectivity index (χ4n) is 3.20. The van der Waals surface area contributed by atoms with E-state index in [2.05, 4.69) is 42.6 Å². The smallest absolute Gasteiger partial charge is 0.0398 e. The van der Waals surface area contributed by atoms with Crippen LogP contribution < -0.4 is 11.1 Å². The van der Waals surface area contributed by atoms with Gasteiger partial charge in [0.15, 0.2) is 0 Å². The Morgan fingerprint density at radius 3 is 1.84 bits per heavy atom. The fraction of sp³-hybridized carbons (Fsp3) is 0.652. The van der Waals surface area contributed by atoms with Crippen LogP contribution in [0.25, 0.3) is 0 Å². The van der Waals surface area contributed by atoms with E-state index in [0.717, 1.165) is 13.0 Å². The van der Waals surface area contributed by atoms with Crippen molar-refractivity contribution < 1.29 is 0 Å². The molecule has 0 aromatic heterocycles. The quantitative estimate of drug-likeness (QED) is 0.329. The molecule has 0 spiro atoms. The predicted octanol–water partition coefficient (Wildman–Crippen LogP) is 6.67. The van der Waals surface area contributed by atoms with E-state index in [0.29, 0.717) is 0 Å². The number of allylic oxidation sites excluding steroid dienone is 1. The zero-order valence-electron chi connectivity index (χ0n) is 16.4. The molecule has 1 aromatic rings. The first-order chi connectivity index (χ1) is 12.4. The lowest BCUT2D eigenvalue weighted by molar-refractivity contribution is 0.541. The Balaban J connectivity index is 1.91. The highest BCUT2D eigenvalue weighted by Gasteiger charge is 1.98. The second-order valence-corrected chi connectivity index (χ2v) is 7.17. The van der Waals surface area contributed by atoms with E-state index in [1.165, 1.54) is 88.3 Å². The van der Waals surface area contributed by atoms with Crippen molar-refractivity contribution in [2.45, 2.75) is 96.9 Å². The number of nitrogens with one attached hydrogen (secondary N) is 1. The summed E-state index contributed by atoms with van der Waals surface area (Å²) < 4.78 is 0. The minimum atomic E-state index is 0.863. The van der Waals surface area contributed by atoms with Crippen LogP contribution >= 0.6 is 0 Å². The van der Waals surface area contributed by atoms with Crippen molar-refractivity contribution >= 4 is 0 Å². The molecule has 0 fully saturated rings. The largest absolute Gasteiger partial charge is 0.403 e. The van der Waals surface area contributed by atoms with Gasteiger partial charge in [0.05, 0.1) is 0 Å². The third-order valence-corrected chi connectivity index (χ3v) is 4.86. The van der Waals surface area contributed by atoms with E-state index in [1.807, 2.05) is 0 Å². The van der Waals surface area contributed by atoms with Gasteiger partial charge in [0.25, 0.3) is 0 Å². The fourth-order valence-corrected chi connectivity index (χ4v) is 3.20. The molecule has 0 aliphatic heterocycles. The average molecular weight is 345 g/mol. The summed E-state index contributed by atoms with van der Waals surface area (Å²) in [5, 5.41) is 3.46. The number of hydrogen-bond donors (Lipinski definition) is 2. The molecule has 0 bridgehead atoms. The molecule has 2 heteroatoms. The van der Waals surface area contributed by atoms with E-state index in [1.54, 1.807) is 6.20 Å². The average Bonchev–Trinajstić information content (AvgIpc) is 2.66. The van der Waals surface area contributed by atoms with Crippen LogP contribution in [-0.2, 0) is 6.54 Å². The molecule has 0 radical (unpaired) electrons. The molecule has 1 aromatic carbocycles. The Morgan fingerprint density at radius 2 is 1.32 bits per heavy atom. The number of hydrogen-bond acceptors (Lipinski definition) is 2. The molecule has 0 unspecified atom stereocenters. The zero-order valence-corrected chi connectivity index (χ0v) is 16.4. The van der Waals surface area contributed by atoms with Crippen molar-refractivity contribution in [1.82, 2.24) is 5.32 Å². The number of nitrogens with two attached hydrogens (primary N) is 1. The number of unbranched alkanes of at least 4 members (excludes halogenated alkanes) is 11. The molecular weight excluding hydrogens is 304 g/mol. The molecule has 0 saturated carbocycles. The summed E-state index contributed by atoms with van der Waals surface area (Å²) >= 11 is 0. The second kappa shape index (κ2) is 16.1. The van der Waals surface area contributed by atoms with E-state index < -0.39 is 0 Å². The molecule has 0 aliphatic rings. The van der Waals surface area contributed by atoms with Gasteiger partial charge in [-0.05, 0) is 18.4 Å². The predicted molar refractivity (Wildman–Crippen MR) is 111 cm³/mol. The lowest BCUT2D eigenvalue weighted by atomic mass is 10.0. The summed E-state index contributed by atoms with van der Waals surface area (Å²) in [5.74, 6) is 0. The highest BCUT2D eigenvalue weighted by atomic mass is 14.9. The van der Waals surface area contributed by atoms with Crippen LogP contribution in [0.4, 0.5) is 0 Å². The molecule has 142 valence electrons. The van der Waals surface area contributed by atoms with Gasteiger partial charge < -0.3 is 11.1 Å². The third kappa shape index (κ3) is 12.6. The van der Waals surface area contributed by atoms with Crippen molar-refractivity contribution in [3.63, 3.8) is 0 Å². The highest BCUT2D eigenvalue weighted by molar-refractivity contribution is 5.15. The minimum absolute atomic E-state index is 0.863. The van der Waals surface area contributed by atoms with Gasteiger partial charge in [-0.3, -0.25) is 0 Å². The Morgan fingerprint density at radius 1 is 0.800 bits per heavy atom. The number of rotatable bonds is 16. The monoisotopic (exact) mass is 344 g/mol. The maximum Gasteiger partial charge on any atom is 0.0398 e. The molecule has 0 atom stereocenters. The standard InChI is InChI=1S/C23H40N2/c1-2-3-4-5-6-7-8-9-10-11-12-16-19-23(20-24)25-21-22-17-14-13-15-18-22/h13-15,17-18,20,25H,2-12,16,19,21,24H2,1H3/b23-20-. The molecule has 0 heterocycles. The SMILES string of the molecule is CCCCCCCCCCCCCC/C(=C/N)NCc1ccccc1. The normalized spacial score (nSPS) is 11.6. The topological polar surface area (TPSA) is 38.0 Å². The molecule has 25 heavy (non-hydrogen) atoms. The third-order valence-electron chi connectivity index (χ3n) is 4.86. The van der Waals surface area contributed by atoms with Gasteiger partial charge in [-0.2, -0.15) is 0 Å². The first-order valence-corrected chi connectivity index (χ1v) is 10.6. The Kier molecular flexibility index (Phi) is 13.9. The second-order valence-electron chi connectivity index (χ2n) is 7.17. The molecule has 0 aliphatic carbocycles. The molecule has 2 nitrogen and oxygen atoms in total. The van der Waals surface area contributed by atoms with Gasteiger partial charge in [-0.15, -0.1) is 0 Å². The summed E-state index contributed by atoms with van der Waals surface area (Å²) in [7, 11) is 0. The zero-order chi connectivity index (χ0) is 18.0. The highest BCUT2D eigenvalue weighted by Crippen LogP contribution is 2.13. The van der Waals surface area contributed by atoms with Gasteiger partial charge in [0.1, 0.15) is 0 Å². The van der Waals surface area contributed by atoms with Gasteiger partial charge in [0.2, 0.25) is 0 Å². The molecule has 3 N–H and O–H groups in total. The Bertz CT molecular complexity index is 425. The van der Waals surface area contributed by atoms with Crippen LogP contribution in [0.15, 0.2) is 42.2 Å². The van der Waals surface area contributed by atoms with Crippen molar-refractivity contribution in [2.75, 3.05) is 0 Å². The van der Waals surface area contributed by atoms with Crippen molar-refractivity contribution in [3.05, 3.63) is 47.8 Å². The van der Waals surface area contributed by atoms with E-state index in [-0.39, 0.29) is 0 Å². The molecule has 0 amide bonds. The van der Waals surface area contributed by atoms with Crippen LogP contribution in [0.3, 0.4) is 0 Å². The van der Waals surface area contributed by atoms with E-state index in [4.69, 9.17) is 5.73 Å². The summed E-state index contributed by atoms with van der Waals surface area (Å²) in [6, 6.07) is 10.5. The van der Waals surface area contributed by atoms with Crippen molar-refractivity contribution in [2.24, 2.45) is 5.73 Å². The van der Waals surface area contributed by atoms with Crippen LogP contribution in [-0.4, -0.2) is 0 Å². The van der Waals surface area contributed by atoms with E-state index in [9.17, 15) is 0 Å². The lowest BCUT2D eigenvalue weighted by Crippen LogP contribution is -2.14. The van der Waals surface area contributed by atoms with Crippen LogP contribution in [0, 0.1) is 0 Å². The lowest BCUT2D eigenvalue weighted by Gasteiger charge is -2.10. The summed E-state index contributed by atoms with van der Waals surface area (Å²) in [5.41, 5.74) is 8.23. The first-order valence-electron chi connectivity index (χ1n) is 10.6. The molecule has 1 rings (SSSR count). The van der Waals surface area contributed by atoms with Gasteiger partial charge in [0, 0.05) is 18.4 Å². The van der Waals surface area contributed by atoms with Crippen molar-refractivity contribution in [1.29, 1.82) is 0 Å². The van der Waals surface area contributed by atoms with Crippen molar-refractivity contribution in [3.8, 4) is 0 Å². The van der Waals surface area contributed by atoms with Gasteiger partial charge in [-0.1, -0.05) is 108 Å². The summed E-state index contributed by atoms with van der Waals surface area (Å²) in [4.78, 5) is 0.